The number of nitrogens with one attached hydrogen (secondary N) is 1. The first kappa shape index (κ1) is 18.4. The number of ether oxygens (including phenoxy) is 2. The van der Waals surface area contributed by atoms with Crippen molar-refractivity contribution in [2.45, 2.75) is 19.3 Å². The van der Waals surface area contributed by atoms with Crippen LogP contribution >= 0.6 is 0 Å². The number of benzene rings is 2. The molecule has 25 heavy (non-hydrogen) atoms. The van der Waals surface area contributed by atoms with Gasteiger partial charge in [-0.05, 0) is 42.8 Å². The van der Waals surface area contributed by atoms with E-state index in [9.17, 15) is 14.0 Å². The first-order chi connectivity index (χ1) is 12.0. The third-order valence-electron chi connectivity index (χ3n) is 3.66. The number of carbonyl (C=O) groups excluding carboxylic acids is 2. The van der Waals surface area contributed by atoms with Crippen molar-refractivity contribution in [3.05, 3.63) is 53.8 Å². The van der Waals surface area contributed by atoms with Crippen molar-refractivity contribution in [2.75, 3.05) is 19.5 Å². The zero-order valence-electron chi connectivity index (χ0n) is 14.2. The van der Waals surface area contributed by atoms with Crippen LogP contribution in [0.2, 0.25) is 0 Å². The van der Waals surface area contributed by atoms with E-state index in [1.807, 2.05) is 0 Å². The van der Waals surface area contributed by atoms with Gasteiger partial charge in [-0.3, -0.25) is 9.59 Å². The van der Waals surface area contributed by atoms with Gasteiger partial charge in [0, 0.05) is 24.5 Å². The van der Waals surface area contributed by atoms with E-state index in [0.717, 1.165) is 0 Å². The fourth-order valence-electron chi connectivity index (χ4n) is 2.30. The first-order valence-electron chi connectivity index (χ1n) is 7.84. The molecule has 0 atom stereocenters. The van der Waals surface area contributed by atoms with Gasteiger partial charge in [-0.15, -0.1) is 0 Å². The molecule has 0 radical (unpaired) electrons. The molecule has 2 aromatic rings. The zero-order chi connectivity index (χ0) is 18.2. The van der Waals surface area contributed by atoms with Gasteiger partial charge in [0.15, 0.2) is 5.78 Å². The summed E-state index contributed by atoms with van der Waals surface area (Å²) >= 11 is 0. The van der Waals surface area contributed by atoms with Crippen molar-refractivity contribution in [1.82, 2.24) is 0 Å². The second-order valence-corrected chi connectivity index (χ2v) is 5.40. The molecule has 0 heterocycles. The molecule has 2 rings (SSSR count). The van der Waals surface area contributed by atoms with Gasteiger partial charge in [0.05, 0.1) is 19.9 Å². The molecule has 0 aliphatic carbocycles. The Bertz CT molecular complexity index is 744. The van der Waals surface area contributed by atoms with Crippen LogP contribution in [0.1, 0.15) is 29.6 Å². The van der Waals surface area contributed by atoms with Crippen LogP contribution in [-0.2, 0) is 4.79 Å². The van der Waals surface area contributed by atoms with E-state index >= 15 is 0 Å². The average molecular weight is 345 g/mol. The highest BCUT2D eigenvalue weighted by Crippen LogP contribution is 2.29. The van der Waals surface area contributed by atoms with Gasteiger partial charge < -0.3 is 14.8 Å². The number of methoxy groups -OCH3 is 2. The van der Waals surface area contributed by atoms with Crippen molar-refractivity contribution in [1.29, 1.82) is 0 Å². The lowest BCUT2D eigenvalue weighted by atomic mass is 10.1. The Balaban J connectivity index is 1.84. The maximum absolute atomic E-state index is 12.8. The van der Waals surface area contributed by atoms with Gasteiger partial charge in [0.2, 0.25) is 5.91 Å². The number of rotatable bonds is 8. The van der Waals surface area contributed by atoms with Crippen molar-refractivity contribution in [3.8, 4) is 11.5 Å². The van der Waals surface area contributed by atoms with Gasteiger partial charge in [-0.2, -0.15) is 0 Å². The summed E-state index contributed by atoms with van der Waals surface area (Å²) in [6.45, 7) is 0. The minimum Gasteiger partial charge on any atom is -0.497 e. The van der Waals surface area contributed by atoms with Crippen molar-refractivity contribution < 1.29 is 23.5 Å². The summed E-state index contributed by atoms with van der Waals surface area (Å²) in [5.41, 5.74) is 0.983. The molecule has 1 N–H and O–H groups in total. The van der Waals surface area contributed by atoms with Gasteiger partial charge in [-0.1, -0.05) is 0 Å². The first-order valence-corrected chi connectivity index (χ1v) is 7.84. The van der Waals surface area contributed by atoms with Crippen LogP contribution in [0, 0.1) is 5.82 Å². The van der Waals surface area contributed by atoms with E-state index in [-0.39, 0.29) is 30.3 Å². The number of anilines is 1. The summed E-state index contributed by atoms with van der Waals surface area (Å²) < 4.78 is 23.2. The molecule has 0 aliphatic heterocycles. The van der Waals surface area contributed by atoms with Crippen LogP contribution in [-0.4, -0.2) is 25.9 Å². The Labute approximate surface area is 145 Å². The largest absolute Gasteiger partial charge is 0.497 e. The number of halogens is 1. The van der Waals surface area contributed by atoms with Gasteiger partial charge in [-0.25, -0.2) is 4.39 Å². The molecule has 0 aromatic heterocycles. The summed E-state index contributed by atoms with van der Waals surface area (Å²) in [4.78, 5) is 24.0. The summed E-state index contributed by atoms with van der Waals surface area (Å²) in [5, 5.41) is 2.75. The molecule has 0 saturated heterocycles. The molecule has 5 nitrogen and oxygen atoms in total. The van der Waals surface area contributed by atoms with E-state index < -0.39 is 0 Å². The zero-order valence-corrected chi connectivity index (χ0v) is 14.2. The molecule has 0 fully saturated rings. The van der Waals surface area contributed by atoms with E-state index in [1.54, 1.807) is 25.3 Å². The maximum atomic E-state index is 12.8. The highest BCUT2D eigenvalue weighted by Gasteiger charge is 2.11. The van der Waals surface area contributed by atoms with Crippen molar-refractivity contribution in [2.24, 2.45) is 0 Å². The molecule has 0 aliphatic rings. The molecule has 1 amide bonds. The van der Waals surface area contributed by atoms with Gasteiger partial charge in [0.25, 0.3) is 0 Å². The maximum Gasteiger partial charge on any atom is 0.224 e. The van der Waals surface area contributed by atoms with E-state index in [1.165, 1.54) is 31.4 Å². The molecule has 132 valence electrons. The minimum atomic E-state index is -0.385. The lowest BCUT2D eigenvalue weighted by Gasteiger charge is -2.11. The Morgan fingerprint density at radius 1 is 1.00 bits per heavy atom. The summed E-state index contributed by atoms with van der Waals surface area (Å²) in [6.07, 6.45) is 0.821. The van der Waals surface area contributed by atoms with E-state index in [0.29, 0.717) is 29.2 Å². The van der Waals surface area contributed by atoms with E-state index in [2.05, 4.69) is 5.32 Å². The number of carbonyl (C=O) groups is 2. The monoisotopic (exact) mass is 345 g/mol. The smallest absolute Gasteiger partial charge is 0.224 e. The van der Waals surface area contributed by atoms with Crippen LogP contribution in [0.15, 0.2) is 42.5 Å². The number of Topliss-reactive ketones (excluding diaryl/α,β-unsaturated/α-hetero) is 1. The lowest BCUT2D eigenvalue weighted by molar-refractivity contribution is -0.116. The van der Waals surface area contributed by atoms with Gasteiger partial charge in [0.1, 0.15) is 17.3 Å². The van der Waals surface area contributed by atoms with Crippen LogP contribution in [0.5, 0.6) is 11.5 Å². The predicted octanol–water partition coefficient (Wildman–Crippen LogP) is 3.83. The second-order valence-electron chi connectivity index (χ2n) is 5.40. The molecule has 6 heteroatoms. The highest BCUT2D eigenvalue weighted by atomic mass is 19.1. The quantitative estimate of drug-likeness (QED) is 0.739. The fraction of sp³-hybridized carbons (Fsp3) is 0.263. The van der Waals surface area contributed by atoms with Crippen LogP contribution < -0.4 is 14.8 Å². The summed E-state index contributed by atoms with van der Waals surface area (Å²) in [5.74, 6) is 0.407. The third kappa shape index (κ3) is 5.31. The molecule has 2 aromatic carbocycles. The third-order valence-corrected chi connectivity index (χ3v) is 3.66. The SMILES string of the molecule is COc1ccc(NC(=O)CCCC(=O)c2ccc(F)cc2)c(OC)c1. The molecular formula is C19H20FNO4. The summed E-state index contributed by atoms with van der Waals surface area (Å²) in [7, 11) is 3.05. The number of ketones is 1. The van der Waals surface area contributed by atoms with Crippen molar-refractivity contribution >= 4 is 17.4 Å². The van der Waals surface area contributed by atoms with Crippen LogP contribution in [0.3, 0.4) is 0 Å². The molecule has 0 bridgehead atoms. The summed E-state index contributed by atoms with van der Waals surface area (Å²) in [6, 6.07) is 10.5. The molecule has 0 unspecified atom stereocenters. The predicted molar refractivity (Wildman–Crippen MR) is 92.8 cm³/mol. The molecular weight excluding hydrogens is 325 g/mol. The van der Waals surface area contributed by atoms with Crippen LogP contribution in [0.4, 0.5) is 10.1 Å². The normalized spacial score (nSPS) is 10.2. The number of hydrogen-bond acceptors (Lipinski definition) is 4. The second kappa shape index (κ2) is 8.82. The van der Waals surface area contributed by atoms with Gasteiger partial charge >= 0.3 is 0 Å². The highest BCUT2D eigenvalue weighted by molar-refractivity contribution is 5.97. The van der Waals surface area contributed by atoms with E-state index in [4.69, 9.17) is 9.47 Å². The Hall–Kier alpha value is -2.89. The standard InChI is InChI=1S/C19H20FNO4/c1-24-15-10-11-16(18(12-15)25-2)21-19(23)5-3-4-17(22)13-6-8-14(20)9-7-13/h6-12H,3-5H2,1-2H3,(H,21,23). The minimum absolute atomic E-state index is 0.116. The lowest BCUT2D eigenvalue weighted by Crippen LogP contribution is -2.12. The fourth-order valence-corrected chi connectivity index (χ4v) is 2.30. The van der Waals surface area contributed by atoms with Crippen LogP contribution in [0.25, 0.3) is 0 Å². The topological polar surface area (TPSA) is 64.6 Å². The van der Waals surface area contributed by atoms with Crippen molar-refractivity contribution in [3.63, 3.8) is 0 Å². The number of hydrogen-bond donors (Lipinski definition) is 1. The molecule has 0 spiro atoms. The number of amides is 1. The Morgan fingerprint density at radius 3 is 2.36 bits per heavy atom. The Kier molecular flexibility index (Phi) is 6.51. The average Bonchev–Trinajstić information content (AvgIpc) is 2.62. The molecule has 0 saturated carbocycles. The Morgan fingerprint density at radius 2 is 1.72 bits per heavy atom.